The van der Waals surface area contributed by atoms with Crippen LogP contribution in [0.2, 0.25) is 0 Å². The molecule has 2 atom stereocenters. The monoisotopic (exact) mass is 425 g/mol. The number of nitrogens with zero attached hydrogens (tertiary/aromatic N) is 3. The van der Waals surface area contributed by atoms with E-state index in [1.165, 1.54) is 12.1 Å². The van der Waals surface area contributed by atoms with E-state index < -0.39 is 11.7 Å². The number of Topliss-reactive ketones (excluding diaryl/α,β-unsaturated/α-hetero) is 1. The summed E-state index contributed by atoms with van der Waals surface area (Å²) in [6, 6.07) is 5.24. The van der Waals surface area contributed by atoms with E-state index in [0.29, 0.717) is 52.2 Å². The van der Waals surface area contributed by atoms with Crippen LogP contribution in [-0.4, -0.2) is 78.5 Å². The van der Waals surface area contributed by atoms with Crippen molar-refractivity contribution in [3.63, 3.8) is 0 Å². The SMILES string of the molecule is O=C1CO[C@H]2CCN(C(=O)N3CCN(Cc4ccc(C(F)(F)F)cc4)CC3)C[C@H]2C1. The summed E-state index contributed by atoms with van der Waals surface area (Å²) < 4.78 is 43.7. The molecular formula is C21H26F3N3O3. The highest BCUT2D eigenvalue weighted by molar-refractivity contribution is 5.81. The van der Waals surface area contributed by atoms with Crippen LogP contribution in [0.4, 0.5) is 18.0 Å². The summed E-state index contributed by atoms with van der Waals surface area (Å²) in [4.78, 5) is 30.4. The van der Waals surface area contributed by atoms with Crippen LogP contribution in [0.1, 0.15) is 24.0 Å². The number of likely N-dealkylation sites (tertiary alicyclic amines) is 1. The number of ether oxygens (including phenoxy) is 1. The van der Waals surface area contributed by atoms with Crippen molar-refractivity contribution in [2.45, 2.75) is 31.7 Å². The number of hydrogen-bond acceptors (Lipinski definition) is 4. The average molecular weight is 425 g/mol. The molecule has 0 N–H and O–H groups in total. The molecule has 2 amide bonds. The highest BCUT2D eigenvalue weighted by Crippen LogP contribution is 2.30. The normalized spacial score (nSPS) is 25.9. The lowest BCUT2D eigenvalue weighted by atomic mass is 9.88. The summed E-state index contributed by atoms with van der Waals surface area (Å²) in [7, 11) is 0. The number of piperidine rings is 1. The molecule has 1 aromatic carbocycles. The Hall–Kier alpha value is -2.13. The third kappa shape index (κ3) is 4.78. The highest BCUT2D eigenvalue weighted by atomic mass is 19.4. The summed E-state index contributed by atoms with van der Waals surface area (Å²) in [5, 5.41) is 0. The number of ketones is 1. The lowest BCUT2D eigenvalue weighted by Crippen LogP contribution is -2.56. The standard InChI is InChI=1S/C21H26F3N3O3/c22-21(23,24)17-3-1-15(2-4-17)12-25-7-9-26(10-8-25)20(29)27-6-5-19-16(13-27)11-18(28)14-30-19/h1-4,16,19H,5-14H2/t16-,19+/m1/s1. The molecule has 9 heteroatoms. The molecule has 0 aromatic heterocycles. The number of alkyl halides is 3. The zero-order valence-electron chi connectivity index (χ0n) is 16.7. The van der Waals surface area contributed by atoms with E-state index in [2.05, 4.69) is 4.90 Å². The number of amides is 2. The third-order valence-electron chi connectivity index (χ3n) is 6.21. The summed E-state index contributed by atoms with van der Waals surface area (Å²) in [5.74, 6) is 0.187. The number of piperazine rings is 1. The highest BCUT2D eigenvalue weighted by Gasteiger charge is 2.38. The van der Waals surface area contributed by atoms with Crippen molar-refractivity contribution in [1.82, 2.24) is 14.7 Å². The maximum Gasteiger partial charge on any atom is 0.416 e. The minimum atomic E-state index is -4.32. The number of benzene rings is 1. The van der Waals surface area contributed by atoms with Crippen LogP contribution < -0.4 is 0 Å². The molecule has 0 bridgehead atoms. The van der Waals surface area contributed by atoms with Gasteiger partial charge >= 0.3 is 12.2 Å². The van der Waals surface area contributed by atoms with Crippen molar-refractivity contribution in [2.24, 2.45) is 5.92 Å². The Labute approximate surface area is 173 Å². The molecule has 164 valence electrons. The second-order valence-corrected chi connectivity index (χ2v) is 8.33. The first-order valence-corrected chi connectivity index (χ1v) is 10.4. The molecule has 3 fully saturated rings. The van der Waals surface area contributed by atoms with Crippen molar-refractivity contribution in [1.29, 1.82) is 0 Å². The fourth-order valence-electron chi connectivity index (χ4n) is 4.51. The van der Waals surface area contributed by atoms with Crippen molar-refractivity contribution in [2.75, 3.05) is 45.9 Å². The lowest BCUT2D eigenvalue weighted by Gasteiger charge is -2.43. The summed E-state index contributed by atoms with van der Waals surface area (Å²) >= 11 is 0. The lowest BCUT2D eigenvalue weighted by molar-refractivity contribution is -0.140. The van der Waals surface area contributed by atoms with Crippen LogP contribution >= 0.6 is 0 Å². The van der Waals surface area contributed by atoms with Gasteiger partial charge in [0.2, 0.25) is 0 Å². The number of rotatable bonds is 2. The van der Waals surface area contributed by atoms with Gasteiger partial charge in [0.15, 0.2) is 5.78 Å². The Morgan fingerprint density at radius 2 is 1.73 bits per heavy atom. The Morgan fingerprint density at radius 1 is 1.03 bits per heavy atom. The average Bonchev–Trinajstić information content (AvgIpc) is 2.73. The molecule has 3 aliphatic heterocycles. The first-order valence-electron chi connectivity index (χ1n) is 10.4. The predicted molar refractivity (Wildman–Crippen MR) is 103 cm³/mol. The van der Waals surface area contributed by atoms with Crippen molar-refractivity contribution in [3.05, 3.63) is 35.4 Å². The van der Waals surface area contributed by atoms with Crippen LogP contribution in [0, 0.1) is 5.92 Å². The molecule has 3 heterocycles. The second-order valence-electron chi connectivity index (χ2n) is 8.33. The third-order valence-corrected chi connectivity index (χ3v) is 6.21. The minimum absolute atomic E-state index is 0.000604. The smallest absolute Gasteiger partial charge is 0.370 e. The van der Waals surface area contributed by atoms with Gasteiger partial charge in [-0.25, -0.2) is 4.79 Å². The van der Waals surface area contributed by atoms with Gasteiger partial charge in [-0.05, 0) is 24.1 Å². The Balaban J connectivity index is 1.26. The Morgan fingerprint density at radius 3 is 2.40 bits per heavy atom. The molecule has 3 saturated heterocycles. The van der Waals surface area contributed by atoms with Gasteiger partial charge in [0.05, 0.1) is 11.7 Å². The van der Waals surface area contributed by atoms with Gasteiger partial charge in [-0.15, -0.1) is 0 Å². The van der Waals surface area contributed by atoms with E-state index in [4.69, 9.17) is 4.74 Å². The van der Waals surface area contributed by atoms with Crippen LogP contribution in [0.5, 0.6) is 0 Å². The summed E-state index contributed by atoms with van der Waals surface area (Å²) in [5.41, 5.74) is 0.183. The molecule has 4 rings (SSSR count). The Bertz CT molecular complexity index is 776. The van der Waals surface area contributed by atoms with E-state index in [-0.39, 0.29) is 30.4 Å². The topological polar surface area (TPSA) is 53.1 Å². The minimum Gasteiger partial charge on any atom is -0.370 e. The quantitative estimate of drug-likeness (QED) is 0.731. The van der Waals surface area contributed by atoms with Crippen LogP contribution in [-0.2, 0) is 22.3 Å². The predicted octanol–water partition coefficient (Wildman–Crippen LogP) is 2.62. The van der Waals surface area contributed by atoms with E-state index in [9.17, 15) is 22.8 Å². The first kappa shape index (κ1) is 21.1. The number of carbonyl (C=O) groups is 2. The number of fused-ring (bicyclic) bond motifs is 1. The summed E-state index contributed by atoms with van der Waals surface area (Å²) in [6.45, 7) is 4.46. The Kier molecular flexibility index (Phi) is 6.02. The number of carbonyl (C=O) groups excluding carboxylic acids is 2. The molecular weight excluding hydrogens is 399 g/mol. The van der Waals surface area contributed by atoms with Gasteiger partial charge in [-0.2, -0.15) is 13.2 Å². The molecule has 0 spiro atoms. The zero-order valence-corrected chi connectivity index (χ0v) is 16.7. The molecule has 0 unspecified atom stereocenters. The number of halogens is 3. The molecule has 0 aliphatic carbocycles. The second kappa shape index (κ2) is 8.55. The van der Waals surface area contributed by atoms with E-state index in [1.54, 1.807) is 0 Å². The van der Waals surface area contributed by atoms with Crippen molar-refractivity contribution < 1.29 is 27.5 Å². The number of hydrogen-bond donors (Lipinski definition) is 0. The summed E-state index contributed by atoms with van der Waals surface area (Å²) in [6.07, 6.45) is -3.00. The fourth-order valence-corrected chi connectivity index (χ4v) is 4.51. The van der Waals surface area contributed by atoms with E-state index in [1.807, 2.05) is 9.80 Å². The van der Waals surface area contributed by atoms with Crippen LogP contribution in [0.15, 0.2) is 24.3 Å². The van der Waals surface area contributed by atoms with Gasteiger partial charge in [-0.1, -0.05) is 12.1 Å². The fraction of sp³-hybridized carbons (Fsp3) is 0.619. The molecule has 6 nitrogen and oxygen atoms in total. The van der Waals surface area contributed by atoms with E-state index in [0.717, 1.165) is 24.1 Å². The zero-order chi connectivity index (χ0) is 21.3. The largest absolute Gasteiger partial charge is 0.416 e. The molecule has 3 aliphatic rings. The maximum absolute atomic E-state index is 12.9. The molecule has 1 aromatic rings. The molecule has 30 heavy (non-hydrogen) atoms. The van der Waals surface area contributed by atoms with Crippen LogP contribution in [0.3, 0.4) is 0 Å². The first-order chi connectivity index (χ1) is 14.3. The van der Waals surface area contributed by atoms with Gasteiger partial charge in [-0.3, -0.25) is 9.69 Å². The van der Waals surface area contributed by atoms with Gasteiger partial charge in [0.25, 0.3) is 0 Å². The van der Waals surface area contributed by atoms with Gasteiger partial charge in [0, 0.05) is 58.2 Å². The van der Waals surface area contributed by atoms with Crippen molar-refractivity contribution >= 4 is 11.8 Å². The van der Waals surface area contributed by atoms with Gasteiger partial charge < -0.3 is 14.5 Å². The van der Waals surface area contributed by atoms with Crippen molar-refractivity contribution in [3.8, 4) is 0 Å². The molecule has 0 saturated carbocycles. The van der Waals surface area contributed by atoms with Gasteiger partial charge in [0.1, 0.15) is 6.61 Å². The number of urea groups is 1. The van der Waals surface area contributed by atoms with Crippen LogP contribution in [0.25, 0.3) is 0 Å². The maximum atomic E-state index is 12.9. The molecule has 0 radical (unpaired) electrons. The van der Waals surface area contributed by atoms with E-state index >= 15 is 0 Å².